The summed E-state index contributed by atoms with van der Waals surface area (Å²) in [5.41, 5.74) is 1.02. The van der Waals surface area contributed by atoms with Gasteiger partial charge in [-0.05, 0) is 42.8 Å². The number of aromatic nitrogens is 3. The Labute approximate surface area is 152 Å². The number of para-hydroxylation sites is 1. The van der Waals surface area contributed by atoms with E-state index in [4.69, 9.17) is 9.47 Å². The van der Waals surface area contributed by atoms with E-state index in [1.165, 1.54) is 0 Å². The highest BCUT2D eigenvalue weighted by atomic mass is 32.2. The van der Waals surface area contributed by atoms with E-state index in [0.717, 1.165) is 40.2 Å². The molecule has 6 heteroatoms. The number of ether oxygens (including phenoxy) is 2. The largest absolute Gasteiger partial charge is 0.497 e. The normalized spacial score (nSPS) is 10.6. The second-order valence-electron chi connectivity index (χ2n) is 5.46. The molecule has 0 fully saturated rings. The Bertz CT molecular complexity index is 788. The monoisotopic (exact) mass is 355 g/mol. The Morgan fingerprint density at radius 2 is 1.72 bits per heavy atom. The van der Waals surface area contributed by atoms with Crippen LogP contribution in [0.15, 0.2) is 59.8 Å². The Hall–Kier alpha value is -2.47. The van der Waals surface area contributed by atoms with Gasteiger partial charge in [0, 0.05) is 18.4 Å². The lowest BCUT2D eigenvalue weighted by Gasteiger charge is -2.06. The Morgan fingerprint density at radius 3 is 2.44 bits per heavy atom. The molecule has 5 nitrogen and oxygen atoms in total. The second-order valence-corrected chi connectivity index (χ2v) is 6.52. The lowest BCUT2D eigenvalue weighted by molar-refractivity contribution is 0.318. The molecule has 0 saturated carbocycles. The number of benzene rings is 2. The van der Waals surface area contributed by atoms with Crippen molar-refractivity contribution in [2.75, 3.05) is 19.5 Å². The second kappa shape index (κ2) is 8.58. The molecule has 0 radical (unpaired) electrons. The number of methoxy groups -OCH3 is 1. The van der Waals surface area contributed by atoms with Crippen molar-refractivity contribution in [3.05, 3.63) is 54.6 Å². The predicted octanol–water partition coefficient (Wildman–Crippen LogP) is 4.05. The molecule has 0 unspecified atom stereocenters. The van der Waals surface area contributed by atoms with Crippen LogP contribution < -0.4 is 9.47 Å². The van der Waals surface area contributed by atoms with Crippen LogP contribution >= 0.6 is 11.8 Å². The zero-order valence-electron chi connectivity index (χ0n) is 14.4. The van der Waals surface area contributed by atoms with E-state index in [1.54, 1.807) is 18.9 Å². The molecule has 0 atom stereocenters. The molecule has 3 aromatic rings. The quantitative estimate of drug-likeness (QED) is 0.451. The van der Waals surface area contributed by atoms with Crippen LogP contribution in [-0.4, -0.2) is 34.2 Å². The zero-order chi connectivity index (χ0) is 17.5. The standard InChI is InChI=1S/C19H21N3O2S/c1-22-18(15-9-11-16(23-2)12-10-15)20-21-19(22)25-14-6-13-24-17-7-4-3-5-8-17/h3-5,7-12H,6,13-14H2,1-2H3. The summed E-state index contributed by atoms with van der Waals surface area (Å²) in [5, 5.41) is 9.51. The van der Waals surface area contributed by atoms with Crippen molar-refractivity contribution < 1.29 is 9.47 Å². The molecule has 25 heavy (non-hydrogen) atoms. The van der Waals surface area contributed by atoms with Gasteiger partial charge in [0.15, 0.2) is 11.0 Å². The SMILES string of the molecule is COc1ccc(-c2nnc(SCCCOc3ccccc3)n2C)cc1. The van der Waals surface area contributed by atoms with Gasteiger partial charge in [0.2, 0.25) is 0 Å². The van der Waals surface area contributed by atoms with Crippen molar-refractivity contribution in [1.29, 1.82) is 0 Å². The van der Waals surface area contributed by atoms with Crippen molar-refractivity contribution in [3.8, 4) is 22.9 Å². The van der Waals surface area contributed by atoms with E-state index >= 15 is 0 Å². The van der Waals surface area contributed by atoms with Gasteiger partial charge in [-0.25, -0.2) is 0 Å². The molecule has 1 heterocycles. The van der Waals surface area contributed by atoms with Gasteiger partial charge in [0.25, 0.3) is 0 Å². The number of thioether (sulfide) groups is 1. The molecule has 0 aliphatic heterocycles. The fourth-order valence-corrected chi connectivity index (χ4v) is 3.18. The van der Waals surface area contributed by atoms with Crippen LogP contribution in [0.25, 0.3) is 11.4 Å². The van der Waals surface area contributed by atoms with E-state index < -0.39 is 0 Å². The van der Waals surface area contributed by atoms with Crippen LogP contribution in [0.4, 0.5) is 0 Å². The molecule has 2 aromatic carbocycles. The van der Waals surface area contributed by atoms with Gasteiger partial charge >= 0.3 is 0 Å². The van der Waals surface area contributed by atoms with Crippen molar-refractivity contribution in [3.63, 3.8) is 0 Å². The van der Waals surface area contributed by atoms with Crippen molar-refractivity contribution in [2.24, 2.45) is 7.05 Å². The highest BCUT2D eigenvalue weighted by Crippen LogP contribution is 2.24. The van der Waals surface area contributed by atoms with Crippen molar-refractivity contribution in [2.45, 2.75) is 11.6 Å². The first-order chi connectivity index (χ1) is 12.3. The van der Waals surface area contributed by atoms with Gasteiger partial charge in [0.1, 0.15) is 11.5 Å². The summed E-state index contributed by atoms with van der Waals surface area (Å²) in [6, 6.07) is 17.7. The molecule has 0 bridgehead atoms. The average molecular weight is 355 g/mol. The fourth-order valence-electron chi connectivity index (χ4n) is 2.36. The number of hydrogen-bond acceptors (Lipinski definition) is 5. The maximum absolute atomic E-state index is 5.70. The smallest absolute Gasteiger partial charge is 0.191 e. The van der Waals surface area contributed by atoms with E-state index in [-0.39, 0.29) is 0 Å². The van der Waals surface area contributed by atoms with Gasteiger partial charge in [-0.15, -0.1) is 10.2 Å². The molecular formula is C19H21N3O2S. The molecule has 0 N–H and O–H groups in total. The maximum atomic E-state index is 5.70. The first-order valence-electron chi connectivity index (χ1n) is 8.12. The van der Waals surface area contributed by atoms with E-state index in [1.807, 2.05) is 66.2 Å². The first-order valence-corrected chi connectivity index (χ1v) is 9.11. The third kappa shape index (κ3) is 4.54. The average Bonchev–Trinajstić information content (AvgIpc) is 3.03. The van der Waals surface area contributed by atoms with Crippen molar-refractivity contribution in [1.82, 2.24) is 14.8 Å². The highest BCUT2D eigenvalue weighted by Gasteiger charge is 2.11. The van der Waals surface area contributed by atoms with Gasteiger partial charge in [0.05, 0.1) is 13.7 Å². The third-order valence-corrected chi connectivity index (χ3v) is 4.82. The molecule has 0 aliphatic carbocycles. The number of rotatable bonds is 8. The Balaban J connectivity index is 1.51. The van der Waals surface area contributed by atoms with Crippen LogP contribution in [0.2, 0.25) is 0 Å². The van der Waals surface area contributed by atoms with Crippen LogP contribution in [0.5, 0.6) is 11.5 Å². The highest BCUT2D eigenvalue weighted by molar-refractivity contribution is 7.99. The molecule has 0 aliphatic rings. The minimum atomic E-state index is 0.695. The predicted molar refractivity (Wildman–Crippen MR) is 100 cm³/mol. The lowest BCUT2D eigenvalue weighted by Crippen LogP contribution is -2.00. The summed E-state index contributed by atoms with van der Waals surface area (Å²) >= 11 is 1.69. The van der Waals surface area contributed by atoms with E-state index in [0.29, 0.717) is 6.61 Å². The van der Waals surface area contributed by atoms with Crippen LogP contribution in [0.3, 0.4) is 0 Å². The minimum Gasteiger partial charge on any atom is -0.497 e. The van der Waals surface area contributed by atoms with E-state index in [2.05, 4.69) is 10.2 Å². The number of nitrogens with zero attached hydrogens (tertiary/aromatic N) is 3. The number of hydrogen-bond donors (Lipinski definition) is 0. The van der Waals surface area contributed by atoms with Crippen LogP contribution in [0, 0.1) is 0 Å². The topological polar surface area (TPSA) is 49.2 Å². The van der Waals surface area contributed by atoms with Gasteiger partial charge < -0.3 is 14.0 Å². The summed E-state index contributed by atoms with van der Waals surface area (Å²) in [6.07, 6.45) is 0.949. The molecule has 0 spiro atoms. The molecule has 0 amide bonds. The van der Waals surface area contributed by atoms with Gasteiger partial charge in [-0.1, -0.05) is 30.0 Å². The lowest BCUT2D eigenvalue weighted by atomic mass is 10.2. The maximum Gasteiger partial charge on any atom is 0.191 e. The first kappa shape index (κ1) is 17.4. The fraction of sp³-hybridized carbons (Fsp3) is 0.263. The van der Waals surface area contributed by atoms with Crippen LogP contribution in [0.1, 0.15) is 6.42 Å². The molecular weight excluding hydrogens is 334 g/mol. The Kier molecular flexibility index (Phi) is 5.95. The Morgan fingerprint density at radius 1 is 0.960 bits per heavy atom. The van der Waals surface area contributed by atoms with E-state index in [9.17, 15) is 0 Å². The molecule has 3 rings (SSSR count). The minimum absolute atomic E-state index is 0.695. The van der Waals surface area contributed by atoms with Crippen LogP contribution in [-0.2, 0) is 7.05 Å². The molecule has 0 saturated heterocycles. The van der Waals surface area contributed by atoms with Gasteiger partial charge in [-0.2, -0.15) is 0 Å². The summed E-state index contributed by atoms with van der Waals surface area (Å²) in [5.74, 6) is 3.53. The van der Waals surface area contributed by atoms with Gasteiger partial charge in [-0.3, -0.25) is 0 Å². The molecule has 130 valence electrons. The zero-order valence-corrected chi connectivity index (χ0v) is 15.2. The van der Waals surface area contributed by atoms with Crippen molar-refractivity contribution >= 4 is 11.8 Å². The summed E-state index contributed by atoms with van der Waals surface area (Å²) in [4.78, 5) is 0. The third-order valence-electron chi connectivity index (χ3n) is 3.71. The summed E-state index contributed by atoms with van der Waals surface area (Å²) in [6.45, 7) is 0.695. The molecule has 1 aromatic heterocycles. The summed E-state index contributed by atoms with van der Waals surface area (Å²) < 4.78 is 12.9. The summed E-state index contributed by atoms with van der Waals surface area (Å²) in [7, 11) is 3.65.